The molecule has 0 saturated carbocycles. The zero-order valence-electron chi connectivity index (χ0n) is 25.2. The van der Waals surface area contributed by atoms with Crippen LogP contribution in [0.4, 0.5) is 28.4 Å². The number of rotatable bonds is 9. The molecule has 0 aliphatic rings. The molecular weight excluding hydrogens is 534 g/mol. The summed E-state index contributed by atoms with van der Waals surface area (Å²) in [7, 11) is 1.77. The van der Waals surface area contributed by atoms with E-state index in [9.17, 15) is 4.79 Å². The number of fused-ring (bicyclic) bond motifs is 1. The van der Waals surface area contributed by atoms with Gasteiger partial charge in [0.25, 0.3) is 5.91 Å². The molecule has 5 aromatic rings. The lowest BCUT2D eigenvalue weighted by atomic mass is 10.0. The fourth-order valence-electron chi connectivity index (χ4n) is 4.96. The largest absolute Gasteiger partial charge is 0.493 e. The van der Waals surface area contributed by atoms with Crippen LogP contribution in [0.25, 0.3) is 10.8 Å². The maximum Gasteiger partial charge on any atom is 0.258 e. The van der Waals surface area contributed by atoms with Gasteiger partial charge in [-0.2, -0.15) is 10.2 Å². The molecule has 0 spiro atoms. The first-order valence-corrected chi connectivity index (χ1v) is 14.4. The third-order valence-corrected chi connectivity index (χ3v) is 7.31. The van der Waals surface area contributed by atoms with Gasteiger partial charge in [-0.1, -0.05) is 43.3 Å². The molecule has 7 nitrogen and oxygen atoms in total. The SMILES string of the molecule is CCOc1c(C)cc(C(=O)N(C)c2ccc(N=Nc3ccc(N=Nc4ccc(CC)cc4)c4ccccc34)cc2)cc1C. The Bertz CT molecular complexity index is 1790. The summed E-state index contributed by atoms with van der Waals surface area (Å²) >= 11 is 0. The van der Waals surface area contributed by atoms with E-state index in [2.05, 4.69) is 39.5 Å². The molecular formula is C36H35N5O2. The van der Waals surface area contributed by atoms with Gasteiger partial charge in [-0.15, -0.1) is 10.2 Å². The summed E-state index contributed by atoms with van der Waals surface area (Å²) in [5, 5.41) is 19.9. The maximum absolute atomic E-state index is 13.2. The third kappa shape index (κ3) is 6.67. The number of nitrogens with zero attached hydrogens (tertiary/aromatic N) is 5. The number of carbonyl (C=O) groups is 1. The van der Waals surface area contributed by atoms with Gasteiger partial charge < -0.3 is 9.64 Å². The first-order chi connectivity index (χ1) is 20.9. The molecule has 0 saturated heterocycles. The van der Waals surface area contributed by atoms with Crippen molar-refractivity contribution >= 4 is 45.1 Å². The number of aryl methyl sites for hydroxylation is 3. The standard InChI is InChI=1S/C36H35N5O2/c1-6-26-12-14-28(15-13-26)37-39-33-20-21-34(32-11-9-8-10-31(32)33)40-38-29-16-18-30(19-17-29)41(5)36(42)27-22-24(3)35(43-7-2)25(4)23-27/h8-23H,6-7H2,1-5H3. The van der Waals surface area contributed by atoms with Crippen LogP contribution in [-0.4, -0.2) is 19.6 Å². The average Bonchev–Trinajstić information content (AvgIpc) is 3.04. The summed E-state index contributed by atoms with van der Waals surface area (Å²) in [6.45, 7) is 8.59. The van der Waals surface area contributed by atoms with Crippen molar-refractivity contribution in [3.05, 3.63) is 119 Å². The molecule has 216 valence electrons. The van der Waals surface area contributed by atoms with Gasteiger partial charge in [0.05, 0.1) is 29.4 Å². The Morgan fingerprint density at radius 2 is 1.21 bits per heavy atom. The third-order valence-electron chi connectivity index (χ3n) is 7.31. The van der Waals surface area contributed by atoms with Gasteiger partial charge in [0.1, 0.15) is 5.75 Å². The molecule has 0 bridgehead atoms. The van der Waals surface area contributed by atoms with Crippen LogP contribution >= 0.6 is 0 Å². The van der Waals surface area contributed by atoms with Crippen LogP contribution in [0, 0.1) is 13.8 Å². The number of carbonyl (C=O) groups excluding carboxylic acids is 1. The van der Waals surface area contributed by atoms with Gasteiger partial charge >= 0.3 is 0 Å². The first kappa shape index (κ1) is 29.3. The summed E-state index contributed by atoms with van der Waals surface area (Å²) in [6.07, 6.45) is 0.989. The molecule has 0 atom stereocenters. The molecule has 5 aromatic carbocycles. The van der Waals surface area contributed by atoms with E-state index in [1.54, 1.807) is 11.9 Å². The number of hydrogen-bond acceptors (Lipinski definition) is 6. The zero-order chi connectivity index (χ0) is 30.3. The van der Waals surface area contributed by atoms with E-state index < -0.39 is 0 Å². The smallest absolute Gasteiger partial charge is 0.258 e. The van der Waals surface area contributed by atoms with Gasteiger partial charge in [0, 0.05) is 29.1 Å². The van der Waals surface area contributed by atoms with Crippen molar-refractivity contribution in [3.8, 4) is 5.75 Å². The van der Waals surface area contributed by atoms with Crippen molar-refractivity contribution in [3.63, 3.8) is 0 Å². The summed E-state index contributed by atoms with van der Waals surface area (Å²) in [6, 6.07) is 31.1. The van der Waals surface area contributed by atoms with Crippen LogP contribution in [0.2, 0.25) is 0 Å². The highest BCUT2D eigenvalue weighted by Crippen LogP contribution is 2.35. The number of benzene rings is 5. The Morgan fingerprint density at radius 3 is 1.70 bits per heavy atom. The molecule has 0 N–H and O–H groups in total. The molecule has 7 heteroatoms. The number of amides is 1. The normalized spacial score (nSPS) is 11.5. The van der Waals surface area contributed by atoms with Gasteiger partial charge in [0.2, 0.25) is 0 Å². The van der Waals surface area contributed by atoms with E-state index in [1.165, 1.54) is 5.56 Å². The van der Waals surface area contributed by atoms with E-state index in [-0.39, 0.29) is 5.91 Å². The monoisotopic (exact) mass is 569 g/mol. The van der Waals surface area contributed by atoms with E-state index >= 15 is 0 Å². The highest BCUT2D eigenvalue weighted by molar-refractivity contribution is 6.06. The minimum atomic E-state index is -0.0923. The topological polar surface area (TPSA) is 79.0 Å². The predicted octanol–water partition coefficient (Wildman–Crippen LogP) is 10.5. The predicted molar refractivity (Wildman–Crippen MR) is 174 cm³/mol. The van der Waals surface area contributed by atoms with E-state index in [4.69, 9.17) is 4.74 Å². The molecule has 0 aliphatic carbocycles. The van der Waals surface area contributed by atoms with E-state index in [0.29, 0.717) is 17.9 Å². The highest BCUT2D eigenvalue weighted by Gasteiger charge is 2.17. The van der Waals surface area contributed by atoms with Crippen LogP contribution in [0.5, 0.6) is 5.75 Å². The van der Waals surface area contributed by atoms with Gasteiger partial charge in [0.15, 0.2) is 0 Å². The summed E-state index contributed by atoms with van der Waals surface area (Å²) in [4.78, 5) is 14.9. The second-order valence-electron chi connectivity index (χ2n) is 10.3. The Morgan fingerprint density at radius 1 is 0.698 bits per heavy atom. The Hall–Kier alpha value is -5.17. The van der Waals surface area contributed by atoms with Crippen molar-refractivity contribution in [1.82, 2.24) is 0 Å². The fourth-order valence-corrected chi connectivity index (χ4v) is 4.96. The average molecular weight is 570 g/mol. The highest BCUT2D eigenvalue weighted by atomic mass is 16.5. The van der Waals surface area contributed by atoms with Crippen molar-refractivity contribution < 1.29 is 9.53 Å². The number of ether oxygens (including phenoxy) is 1. The van der Waals surface area contributed by atoms with Crippen LogP contribution in [0.1, 0.15) is 40.9 Å². The van der Waals surface area contributed by atoms with E-state index in [0.717, 1.165) is 56.8 Å². The Kier molecular flexibility index (Phi) is 9.01. The van der Waals surface area contributed by atoms with Crippen LogP contribution in [0.15, 0.2) is 118 Å². The van der Waals surface area contributed by atoms with Crippen LogP contribution < -0.4 is 9.64 Å². The zero-order valence-corrected chi connectivity index (χ0v) is 25.2. The van der Waals surface area contributed by atoms with Gasteiger partial charge in [-0.25, -0.2) is 0 Å². The molecule has 0 radical (unpaired) electrons. The fraction of sp³-hybridized carbons (Fsp3) is 0.194. The second-order valence-corrected chi connectivity index (χ2v) is 10.3. The lowest BCUT2D eigenvalue weighted by molar-refractivity contribution is 0.0993. The molecule has 0 heterocycles. The van der Waals surface area contributed by atoms with Crippen LogP contribution in [-0.2, 0) is 6.42 Å². The Labute approximate surface area is 252 Å². The maximum atomic E-state index is 13.2. The van der Waals surface area contributed by atoms with Crippen LogP contribution in [0.3, 0.4) is 0 Å². The number of anilines is 1. The lowest BCUT2D eigenvalue weighted by Crippen LogP contribution is -2.26. The first-order valence-electron chi connectivity index (χ1n) is 14.4. The molecule has 0 aliphatic heterocycles. The van der Waals surface area contributed by atoms with Gasteiger partial charge in [-0.05, 0) is 105 Å². The van der Waals surface area contributed by atoms with E-state index in [1.807, 2.05) is 106 Å². The summed E-state index contributed by atoms with van der Waals surface area (Å²) < 4.78 is 5.73. The molecule has 0 unspecified atom stereocenters. The molecule has 1 amide bonds. The van der Waals surface area contributed by atoms with Crippen molar-refractivity contribution in [2.45, 2.75) is 34.1 Å². The Balaban J connectivity index is 1.32. The minimum Gasteiger partial charge on any atom is -0.493 e. The molecule has 0 aromatic heterocycles. The minimum absolute atomic E-state index is 0.0923. The quantitative estimate of drug-likeness (QED) is 0.166. The lowest BCUT2D eigenvalue weighted by Gasteiger charge is -2.19. The van der Waals surface area contributed by atoms with Crippen molar-refractivity contribution in [1.29, 1.82) is 0 Å². The molecule has 0 fully saturated rings. The summed E-state index contributed by atoms with van der Waals surface area (Å²) in [5.41, 5.74) is 7.53. The van der Waals surface area contributed by atoms with Gasteiger partial charge in [-0.3, -0.25) is 4.79 Å². The van der Waals surface area contributed by atoms with Crippen molar-refractivity contribution in [2.24, 2.45) is 20.5 Å². The second kappa shape index (κ2) is 13.2. The summed E-state index contributed by atoms with van der Waals surface area (Å²) in [5.74, 6) is 0.742. The number of hydrogen-bond donors (Lipinski definition) is 0. The molecule has 5 rings (SSSR count). The van der Waals surface area contributed by atoms with Crippen molar-refractivity contribution in [2.75, 3.05) is 18.6 Å². The number of azo groups is 2. The molecule has 43 heavy (non-hydrogen) atoms.